The Hall–Kier alpha value is -1.93. The summed E-state index contributed by atoms with van der Waals surface area (Å²) < 4.78 is 28.0. The number of amides is 2. The Bertz CT molecular complexity index is 872. The Morgan fingerprint density at radius 3 is 2.23 bits per heavy atom. The van der Waals surface area contributed by atoms with Gasteiger partial charge in [0.05, 0.1) is 10.8 Å². The van der Waals surface area contributed by atoms with Gasteiger partial charge < -0.3 is 10.2 Å². The van der Waals surface area contributed by atoms with E-state index in [0.717, 1.165) is 57.8 Å². The molecule has 7 nitrogen and oxygen atoms in total. The molecule has 1 atom stereocenters. The minimum absolute atomic E-state index is 0.00541. The van der Waals surface area contributed by atoms with E-state index < -0.39 is 10.0 Å². The van der Waals surface area contributed by atoms with Crippen molar-refractivity contribution in [1.82, 2.24) is 9.62 Å². The number of sulfonamides is 1. The predicted molar refractivity (Wildman–Crippen MR) is 114 cm³/mol. The number of likely N-dealkylation sites (tertiary alicyclic amines) is 1. The lowest BCUT2D eigenvalue weighted by molar-refractivity contribution is -0.129. The second-order valence-electron chi connectivity index (χ2n) is 8.86. The van der Waals surface area contributed by atoms with Gasteiger partial charge in [-0.05, 0) is 49.9 Å². The standard InChI is InChI=1S/C22H31N3O4S/c26-21-14-16(15-25(21)19-8-4-5-9-19)22(27)23-17-10-12-20(13-11-17)30(28,29)24-18-6-2-1-3-7-18/h10-13,16,18-19,24H,1-9,14-15H2,(H,23,27)/t16-/m1/s1. The van der Waals surface area contributed by atoms with Gasteiger partial charge in [-0.2, -0.15) is 0 Å². The minimum atomic E-state index is -3.56. The van der Waals surface area contributed by atoms with Gasteiger partial charge in [0.1, 0.15) is 0 Å². The fraction of sp³-hybridized carbons (Fsp3) is 0.636. The molecule has 164 valence electrons. The lowest BCUT2D eigenvalue weighted by Gasteiger charge is -2.24. The first-order valence-corrected chi connectivity index (χ1v) is 12.6. The van der Waals surface area contributed by atoms with E-state index in [1.54, 1.807) is 12.1 Å². The number of carbonyl (C=O) groups excluding carboxylic acids is 2. The maximum absolute atomic E-state index is 12.6. The van der Waals surface area contributed by atoms with Crippen LogP contribution in [0, 0.1) is 5.92 Å². The lowest BCUT2D eigenvalue weighted by atomic mass is 9.96. The van der Waals surface area contributed by atoms with E-state index in [2.05, 4.69) is 10.0 Å². The molecule has 30 heavy (non-hydrogen) atoms. The van der Waals surface area contributed by atoms with Crippen LogP contribution < -0.4 is 10.0 Å². The van der Waals surface area contributed by atoms with Crippen LogP contribution in [0.15, 0.2) is 29.2 Å². The Balaban J connectivity index is 1.34. The van der Waals surface area contributed by atoms with Crippen LogP contribution in [0.3, 0.4) is 0 Å². The Kier molecular flexibility index (Phi) is 6.43. The van der Waals surface area contributed by atoms with Gasteiger partial charge in [-0.3, -0.25) is 9.59 Å². The summed E-state index contributed by atoms with van der Waals surface area (Å²) in [6, 6.07) is 6.55. The predicted octanol–water partition coefficient (Wildman–Crippen LogP) is 3.03. The van der Waals surface area contributed by atoms with Gasteiger partial charge in [0.25, 0.3) is 0 Å². The van der Waals surface area contributed by atoms with Crippen molar-refractivity contribution in [2.45, 2.75) is 81.2 Å². The van der Waals surface area contributed by atoms with Crippen molar-refractivity contribution in [3.8, 4) is 0 Å². The maximum atomic E-state index is 12.6. The van der Waals surface area contributed by atoms with E-state index in [-0.39, 0.29) is 41.1 Å². The Labute approximate surface area is 178 Å². The van der Waals surface area contributed by atoms with E-state index in [1.165, 1.54) is 12.1 Å². The number of hydrogen-bond acceptors (Lipinski definition) is 4. The van der Waals surface area contributed by atoms with Gasteiger partial charge in [0, 0.05) is 30.7 Å². The van der Waals surface area contributed by atoms with Gasteiger partial charge in [-0.25, -0.2) is 13.1 Å². The molecule has 2 saturated carbocycles. The summed E-state index contributed by atoms with van der Waals surface area (Å²) in [7, 11) is -3.56. The summed E-state index contributed by atoms with van der Waals surface area (Å²) in [4.78, 5) is 27.0. The first kappa shape index (κ1) is 21.3. The van der Waals surface area contributed by atoms with Crippen molar-refractivity contribution in [1.29, 1.82) is 0 Å². The molecule has 3 aliphatic rings. The monoisotopic (exact) mass is 433 g/mol. The SMILES string of the molecule is O=C(Nc1ccc(S(=O)(=O)NC2CCCCC2)cc1)[C@@H]1CC(=O)N(C2CCCC2)C1. The van der Waals surface area contributed by atoms with Gasteiger partial charge >= 0.3 is 0 Å². The largest absolute Gasteiger partial charge is 0.339 e. The van der Waals surface area contributed by atoms with E-state index >= 15 is 0 Å². The molecule has 0 spiro atoms. The molecule has 2 N–H and O–H groups in total. The van der Waals surface area contributed by atoms with Crippen molar-refractivity contribution in [2.75, 3.05) is 11.9 Å². The molecule has 1 saturated heterocycles. The number of rotatable bonds is 6. The van der Waals surface area contributed by atoms with Crippen LogP contribution in [0.4, 0.5) is 5.69 Å². The highest BCUT2D eigenvalue weighted by atomic mass is 32.2. The summed E-state index contributed by atoms with van der Waals surface area (Å²) in [6.45, 7) is 0.479. The zero-order valence-electron chi connectivity index (χ0n) is 17.3. The number of carbonyl (C=O) groups is 2. The zero-order valence-corrected chi connectivity index (χ0v) is 18.1. The quantitative estimate of drug-likeness (QED) is 0.721. The molecule has 8 heteroatoms. The van der Waals surface area contributed by atoms with Crippen LogP contribution >= 0.6 is 0 Å². The van der Waals surface area contributed by atoms with Crippen LogP contribution in [-0.4, -0.2) is 43.8 Å². The lowest BCUT2D eigenvalue weighted by Crippen LogP contribution is -2.36. The second kappa shape index (κ2) is 9.06. The summed E-state index contributed by atoms with van der Waals surface area (Å²) in [6.07, 6.45) is 9.65. The van der Waals surface area contributed by atoms with E-state index in [1.807, 2.05) is 4.90 Å². The summed E-state index contributed by atoms with van der Waals surface area (Å²) >= 11 is 0. The molecule has 3 fully saturated rings. The average molecular weight is 434 g/mol. The third-order valence-electron chi connectivity index (χ3n) is 6.65. The molecule has 2 aliphatic carbocycles. The zero-order chi connectivity index (χ0) is 21.1. The summed E-state index contributed by atoms with van der Waals surface area (Å²) in [5.41, 5.74) is 0.545. The van der Waals surface area contributed by atoms with Crippen LogP contribution in [0.25, 0.3) is 0 Å². The van der Waals surface area contributed by atoms with Crippen molar-refractivity contribution in [2.24, 2.45) is 5.92 Å². The van der Waals surface area contributed by atoms with Gasteiger partial charge in [-0.1, -0.05) is 32.1 Å². The average Bonchev–Trinajstić information content (AvgIpc) is 3.38. The molecule has 0 aromatic heterocycles. The first-order chi connectivity index (χ1) is 14.4. The molecule has 1 aromatic carbocycles. The highest BCUT2D eigenvalue weighted by molar-refractivity contribution is 7.89. The molecule has 2 amide bonds. The normalized spacial score (nSPS) is 23.8. The van der Waals surface area contributed by atoms with E-state index in [0.29, 0.717) is 12.2 Å². The molecule has 1 aromatic rings. The molecule has 1 heterocycles. The molecular formula is C22H31N3O4S. The van der Waals surface area contributed by atoms with Crippen molar-refractivity contribution >= 4 is 27.5 Å². The molecule has 0 radical (unpaired) electrons. The Morgan fingerprint density at radius 2 is 1.57 bits per heavy atom. The third kappa shape index (κ3) is 4.86. The van der Waals surface area contributed by atoms with Crippen LogP contribution in [0.1, 0.15) is 64.2 Å². The van der Waals surface area contributed by atoms with Crippen molar-refractivity contribution < 1.29 is 18.0 Å². The number of nitrogens with one attached hydrogen (secondary N) is 2. The van der Waals surface area contributed by atoms with Gasteiger partial charge in [0.15, 0.2) is 0 Å². The van der Waals surface area contributed by atoms with E-state index in [9.17, 15) is 18.0 Å². The highest BCUT2D eigenvalue weighted by Crippen LogP contribution is 2.30. The number of nitrogens with zero attached hydrogens (tertiary/aromatic N) is 1. The molecular weight excluding hydrogens is 402 g/mol. The number of anilines is 1. The molecule has 1 aliphatic heterocycles. The maximum Gasteiger partial charge on any atom is 0.240 e. The van der Waals surface area contributed by atoms with Crippen LogP contribution in [0.2, 0.25) is 0 Å². The van der Waals surface area contributed by atoms with Crippen LogP contribution in [0.5, 0.6) is 0 Å². The highest BCUT2D eigenvalue weighted by Gasteiger charge is 2.38. The molecule has 0 unspecified atom stereocenters. The topological polar surface area (TPSA) is 95.6 Å². The molecule has 0 bridgehead atoms. The van der Waals surface area contributed by atoms with Gasteiger partial charge in [0.2, 0.25) is 21.8 Å². The fourth-order valence-electron chi connectivity index (χ4n) is 4.95. The van der Waals surface area contributed by atoms with Crippen LogP contribution in [-0.2, 0) is 19.6 Å². The number of benzene rings is 1. The first-order valence-electron chi connectivity index (χ1n) is 11.1. The smallest absolute Gasteiger partial charge is 0.240 e. The Morgan fingerprint density at radius 1 is 0.933 bits per heavy atom. The summed E-state index contributed by atoms with van der Waals surface area (Å²) in [5, 5.41) is 2.84. The number of hydrogen-bond donors (Lipinski definition) is 2. The fourth-order valence-corrected chi connectivity index (χ4v) is 6.25. The van der Waals surface area contributed by atoms with Gasteiger partial charge in [-0.15, -0.1) is 0 Å². The molecule has 4 rings (SSSR count). The van der Waals surface area contributed by atoms with Crippen molar-refractivity contribution in [3.05, 3.63) is 24.3 Å². The third-order valence-corrected chi connectivity index (χ3v) is 8.19. The summed E-state index contributed by atoms with van der Waals surface area (Å²) in [5.74, 6) is -0.466. The van der Waals surface area contributed by atoms with Crippen molar-refractivity contribution in [3.63, 3.8) is 0 Å². The second-order valence-corrected chi connectivity index (χ2v) is 10.6. The minimum Gasteiger partial charge on any atom is -0.339 e. The van der Waals surface area contributed by atoms with E-state index in [4.69, 9.17) is 0 Å².